The van der Waals surface area contributed by atoms with Crippen LogP contribution in [-0.2, 0) is 13.5 Å². The van der Waals surface area contributed by atoms with Crippen molar-refractivity contribution >= 4 is 22.4 Å². The van der Waals surface area contributed by atoms with E-state index in [-0.39, 0.29) is 0 Å². The Morgan fingerprint density at radius 2 is 2.10 bits per heavy atom. The van der Waals surface area contributed by atoms with Gasteiger partial charge in [0.05, 0.1) is 11.0 Å². The number of fused-ring (bicyclic) bond motifs is 1. The summed E-state index contributed by atoms with van der Waals surface area (Å²) in [4.78, 5) is 4.77. The molecule has 4 heteroatoms. The molecule has 3 aromatic rings. The number of nitrogens with one attached hydrogen (secondary N) is 1. The first kappa shape index (κ1) is 13.3. The van der Waals surface area contributed by atoms with E-state index < -0.39 is 0 Å². The first-order valence-corrected chi connectivity index (χ1v) is 7.75. The minimum Gasteiger partial charge on any atom is -0.331 e. The van der Waals surface area contributed by atoms with E-state index in [1.54, 1.807) is 11.3 Å². The Balaban J connectivity index is 1.95. The second-order valence-electron chi connectivity index (χ2n) is 5.13. The Morgan fingerprint density at radius 1 is 1.30 bits per heavy atom. The van der Waals surface area contributed by atoms with Crippen molar-refractivity contribution < 1.29 is 0 Å². The average Bonchev–Trinajstić information content (AvgIpc) is 3.01. The lowest BCUT2D eigenvalue weighted by atomic mass is 10.0. The molecule has 1 aromatic carbocycles. The second kappa shape index (κ2) is 5.38. The summed E-state index contributed by atoms with van der Waals surface area (Å²) in [6.07, 6.45) is 0.902. The largest absolute Gasteiger partial charge is 0.331 e. The molecule has 0 fully saturated rings. The second-order valence-corrected chi connectivity index (χ2v) is 5.87. The van der Waals surface area contributed by atoms with Gasteiger partial charge in [0.25, 0.3) is 0 Å². The molecule has 20 heavy (non-hydrogen) atoms. The summed E-state index contributed by atoms with van der Waals surface area (Å²) >= 11 is 1.76. The monoisotopic (exact) mass is 285 g/mol. The minimum absolute atomic E-state index is 0.316. The third-order valence-corrected chi connectivity index (χ3v) is 4.77. The van der Waals surface area contributed by atoms with E-state index in [4.69, 9.17) is 4.98 Å². The highest BCUT2D eigenvalue weighted by atomic mass is 32.1. The topological polar surface area (TPSA) is 29.9 Å². The van der Waals surface area contributed by atoms with Crippen LogP contribution in [0.1, 0.15) is 23.0 Å². The normalized spacial score (nSPS) is 12.9. The predicted molar refractivity (Wildman–Crippen MR) is 85.3 cm³/mol. The number of aromatic nitrogens is 2. The van der Waals surface area contributed by atoms with Crippen LogP contribution < -0.4 is 5.32 Å². The molecular formula is C16H19N3S. The maximum atomic E-state index is 4.77. The van der Waals surface area contributed by atoms with Gasteiger partial charge in [0.1, 0.15) is 5.82 Å². The quantitative estimate of drug-likeness (QED) is 0.795. The van der Waals surface area contributed by atoms with Gasteiger partial charge in [-0.2, -0.15) is 11.3 Å². The van der Waals surface area contributed by atoms with Crippen LogP contribution in [0, 0.1) is 6.92 Å². The molecule has 0 aliphatic heterocycles. The molecule has 1 N–H and O–H groups in total. The lowest BCUT2D eigenvalue weighted by molar-refractivity contribution is 0.565. The fraction of sp³-hybridized carbons (Fsp3) is 0.312. The molecule has 2 aromatic heterocycles. The standard InChI is InChI=1S/C16H19N3S/c1-11-9-20-10-12(11)14(17-2)8-16-18-13-6-4-5-7-15(13)19(16)3/h4-7,9-10,14,17H,8H2,1-3H3. The Hall–Kier alpha value is -1.65. The molecule has 0 saturated heterocycles. The van der Waals surface area contributed by atoms with Gasteiger partial charge in [0.15, 0.2) is 0 Å². The zero-order valence-corrected chi connectivity index (χ0v) is 12.9. The van der Waals surface area contributed by atoms with Crippen molar-refractivity contribution in [1.82, 2.24) is 14.9 Å². The zero-order valence-electron chi connectivity index (χ0n) is 12.1. The number of para-hydroxylation sites is 2. The number of aryl methyl sites for hydroxylation is 2. The van der Waals surface area contributed by atoms with E-state index in [0.29, 0.717) is 6.04 Å². The number of thiophene rings is 1. The maximum absolute atomic E-state index is 4.77. The molecule has 0 aliphatic rings. The number of hydrogen-bond donors (Lipinski definition) is 1. The molecule has 0 saturated carbocycles. The number of imidazole rings is 1. The third kappa shape index (κ3) is 2.25. The van der Waals surface area contributed by atoms with Gasteiger partial charge in [-0.05, 0) is 48.0 Å². The van der Waals surface area contributed by atoms with E-state index in [2.05, 4.69) is 52.8 Å². The highest BCUT2D eigenvalue weighted by Crippen LogP contribution is 2.25. The zero-order chi connectivity index (χ0) is 14.1. The molecule has 1 unspecified atom stereocenters. The predicted octanol–water partition coefficient (Wildman–Crippen LogP) is 3.45. The Labute approximate surface area is 123 Å². The van der Waals surface area contributed by atoms with Crippen LogP contribution >= 0.6 is 11.3 Å². The number of likely N-dealkylation sites (N-methyl/N-ethyl adjacent to an activating group) is 1. The van der Waals surface area contributed by atoms with Crippen molar-refractivity contribution in [1.29, 1.82) is 0 Å². The van der Waals surface area contributed by atoms with Gasteiger partial charge in [-0.3, -0.25) is 0 Å². The summed E-state index contributed by atoms with van der Waals surface area (Å²) in [6.45, 7) is 2.17. The third-order valence-electron chi connectivity index (χ3n) is 3.89. The van der Waals surface area contributed by atoms with Crippen molar-refractivity contribution in [3.05, 3.63) is 52.0 Å². The van der Waals surface area contributed by atoms with E-state index >= 15 is 0 Å². The smallest absolute Gasteiger partial charge is 0.111 e. The molecule has 1 atom stereocenters. The van der Waals surface area contributed by atoms with E-state index in [1.165, 1.54) is 16.6 Å². The first-order valence-electron chi connectivity index (χ1n) is 6.81. The van der Waals surface area contributed by atoms with Gasteiger partial charge in [-0.1, -0.05) is 12.1 Å². The van der Waals surface area contributed by atoms with Crippen molar-refractivity contribution in [3.63, 3.8) is 0 Å². The molecule has 3 nitrogen and oxygen atoms in total. The molecule has 0 amide bonds. The molecule has 0 aliphatic carbocycles. The number of hydrogen-bond acceptors (Lipinski definition) is 3. The van der Waals surface area contributed by atoms with E-state index in [0.717, 1.165) is 17.8 Å². The van der Waals surface area contributed by atoms with Gasteiger partial charge >= 0.3 is 0 Å². The fourth-order valence-electron chi connectivity index (χ4n) is 2.66. The van der Waals surface area contributed by atoms with Gasteiger partial charge < -0.3 is 9.88 Å². The SMILES string of the molecule is CNC(Cc1nc2ccccc2n1C)c1cscc1C. The lowest BCUT2D eigenvalue weighted by Crippen LogP contribution is -2.20. The van der Waals surface area contributed by atoms with Gasteiger partial charge in [0.2, 0.25) is 0 Å². The summed E-state index contributed by atoms with van der Waals surface area (Å²) in [5.41, 5.74) is 5.00. The Bertz CT molecular complexity index is 726. The van der Waals surface area contributed by atoms with Crippen molar-refractivity contribution in [2.75, 3.05) is 7.05 Å². The fourth-order valence-corrected chi connectivity index (χ4v) is 3.56. The summed E-state index contributed by atoms with van der Waals surface area (Å²) in [6, 6.07) is 8.61. The minimum atomic E-state index is 0.316. The molecule has 2 heterocycles. The number of nitrogens with zero attached hydrogens (tertiary/aromatic N) is 2. The van der Waals surface area contributed by atoms with E-state index in [9.17, 15) is 0 Å². The first-order chi connectivity index (χ1) is 9.70. The highest BCUT2D eigenvalue weighted by molar-refractivity contribution is 7.08. The molecule has 0 bridgehead atoms. The number of rotatable bonds is 4. The summed E-state index contributed by atoms with van der Waals surface area (Å²) < 4.78 is 2.20. The van der Waals surface area contributed by atoms with Crippen molar-refractivity contribution in [2.45, 2.75) is 19.4 Å². The summed E-state index contributed by atoms with van der Waals surface area (Å²) in [7, 11) is 4.11. The average molecular weight is 285 g/mol. The maximum Gasteiger partial charge on any atom is 0.111 e. The molecule has 0 spiro atoms. The molecule has 104 valence electrons. The highest BCUT2D eigenvalue weighted by Gasteiger charge is 2.17. The van der Waals surface area contributed by atoms with Gasteiger partial charge in [-0.15, -0.1) is 0 Å². The van der Waals surface area contributed by atoms with Crippen LogP contribution in [0.3, 0.4) is 0 Å². The van der Waals surface area contributed by atoms with Crippen LogP contribution in [-0.4, -0.2) is 16.6 Å². The van der Waals surface area contributed by atoms with E-state index in [1.807, 2.05) is 13.1 Å². The molecular weight excluding hydrogens is 266 g/mol. The molecule has 3 rings (SSSR count). The van der Waals surface area contributed by atoms with Crippen molar-refractivity contribution in [3.8, 4) is 0 Å². The van der Waals surface area contributed by atoms with Crippen molar-refractivity contribution in [2.24, 2.45) is 7.05 Å². The summed E-state index contributed by atoms with van der Waals surface area (Å²) in [5, 5.41) is 7.86. The van der Waals surface area contributed by atoms with Crippen LogP contribution in [0.5, 0.6) is 0 Å². The Morgan fingerprint density at radius 3 is 2.75 bits per heavy atom. The van der Waals surface area contributed by atoms with Crippen LogP contribution in [0.4, 0.5) is 0 Å². The van der Waals surface area contributed by atoms with Crippen LogP contribution in [0.25, 0.3) is 11.0 Å². The lowest BCUT2D eigenvalue weighted by Gasteiger charge is -2.16. The van der Waals surface area contributed by atoms with Crippen LogP contribution in [0.15, 0.2) is 35.0 Å². The summed E-state index contributed by atoms with van der Waals surface area (Å²) in [5.74, 6) is 1.12. The van der Waals surface area contributed by atoms with Gasteiger partial charge in [-0.25, -0.2) is 4.98 Å². The Kier molecular flexibility index (Phi) is 3.59. The van der Waals surface area contributed by atoms with Gasteiger partial charge in [0, 0.05) is 19.5 Å². The number of benzene rings is 1. The van der Waals surface area contributed by atoms with Crippen LogP contribution in [0.2, 0.25) is 0 Å². The molecule has 0 radical (unpaired) electrons.